The maximum atomic E-state index is 12.3. The van der Waals surface area contributed by atoms with Gasteiger partial charge >= 0.3 is 5.97 Å². The largest absolute Gasteiger partial charge is 0.486 e. The van der Waals surface area contributed by atoms with Crippen LogP contribution in [0.15, 0.2) is 36.4 Å². The topological polar surface area (TPSA) is 84.9 Å². The number of amides is 1. The maximum absolute atomic E-state index is 12.3. The number of carboxylic acid groups (broad SMARTS) is 1. The average Bonchev–Trinajstić information content (AvgIpc) is 2.56. The van der Waals surface area contributed by atoms with E-state index in [4.69, 9.17) is 26.2 Å². The van der Waals surface area contributed by atoms with Gasteiger partial charge in [0.15, 0.2) is 11.5 Å². The van der Waals surface area contributed by atoms with Crippen LogP contribution in [0.4, 0.5) is 5.69 Å². The fourth-order valence-corrected chi connectivity index (χ4v) is 2.30. The van der Waals surface area contributed by atoms with Crippen LogP contribution in [-0.4, -0.2) is 30.2 Å². The Labute approximate surface area is 136 Å². The standard InChI is InChI=1S/C16H12ClNO5/c17-11-3-1-10(16(20)21)7-12(11)18-15(19)9-2-4-13-14(8-9)23-6-5-22-13/h1-4,7-8H,5-6H2,(H,18,19)(H,20,21). The van der Waals surface area contributed by atoms with Gasteiger partial charge in [-0.15, -0.1) is 0 Å². The summed E-state index contributed by atoms with van der Waals surface area (Å²) in [6.07, 6.45) is 0. The number of rotatable bonds is 3. The zero-order valence-corrected chi connectivity index (χ0v) is 12.6. The molecule has 0 fully saturated rings. The van der Waals surface area contributed by atoms with Crippen molar-refractivity contribution >= 4 is 29.2 Å². The van der Waals surface area contributed by atoms with Crippen LogP contribution >= 0.6 is 11.6 Å². The molecule has 1 aliphatic heterocycles. The van der Waals surface area contributed by atoms with Gasteiger partial charge in [-0.1, -0.05) is 11.6 Å². The van der Waals surface area contributed by atoms with E-state index in [1.165, 1.54) is 18.2 Å². The third kappa shape index (κ3) is 3.22. The van der Waals surface area contributed by atoms with Crippen molar-refractivity contribution in [3.8, 4) is 11.5 Å². The van der Waals surface area contributed by atoms with E-state index in [0.717, 1.165) is 0 Å². The van der Waals surface area contributed by atoms with Crippen LogP contribution in [-0.2, 0) is 0 Å². The molecule has 0 radical (unpaired) electrons. The molecule has 6 nitrogen and oxygen atoms in total. The summed E-state index contributed by atoms with van der Waals surface area (Å²) in [6.45, 7) is 0.890. The summed E-state index contributed by atoms with van der Waals surface area (Å²) >= 11 is 6.00. The first-order chi connectivity index (χ1) is 11.0. The van der Waals surface area contributed by atoms with E-state index < -0.39 is 11.9 Å². The number of fused-ring (bicyclic) bond motifs is 1. The summed E-state index contributed by atoms with van der Waals surface area (Å²) in [5.41, 5.74) is 0.615. The minimum Gasteiger partial charge on any atom is -0.486 e. The van der Waals surface area contributed by atoms with Crippen LogP contribution in [0.2, 0.25) is 5.02 Å². The highest BCUT2D eigenvalue weighted by atomic mass is 35.5. The lowest BCUT2D eigenvalue weighted by molar-refractivity contribution is 0.0696. The van der Waals surface area contributed by atoms with Crippen molar-refractivity contribution in [3.63, 3.8) is 0 Å². The van der Waals surface area contributed by atoms with Crippen molar-refractivity contribution in [2.75, 3.05) is 18.5 Å². The highest BCUT2D eigenvalue weighted by Gasteiger charge is 2.16. The fourth-order valence-electron chi connectivity index (χ4n) is 2.13. The number of nitrogens with one attached hydrogen (secondary N) is 1. The van der Waals surface area contributed by atoms with Gasteiger partial charge < -0.3 is 19.9 Å². The van der Waals surface area contributed by atoms with Gasteiger partial charge in [-0.25, -0.2) is 4.79 Å². The van der Waals surface area contributed by atoms with Gasteiger partial charge in [0, 0.05) is 5.56 Å². The number of hydrogen-bond acceptors (Lipinski definition) is 4. The molecule has 2 N–H and O–H groups in total. The molecule has 0 aromatic heterocycles. The number of carbonyl (C=O) groups excluding carboxylic acids is 1. The lowest BCUT2D eigenvalue weighted by Gasteiger charge is -2.18. The van der Waals surface area contributed by atoms with Gasteiger partial charge in [-0.2, -0.15) is 0 Å². The monoisotopic (exact) mass is 333 g/mol. The predicted molar refractivity (Wildman–Crippen MR) is 83.8 cm³/mol. The smallest absolute Gasteiger partial charge is 0.335 e. The summed E-state index contributed by atoms with van der Waals surface area (Å²) in [5.74, 6) is -0.448. The third-order valence-electron chi connectivity index (χ3n) is 3.27. The number of ether oxygens (including phenoxy) is 2. The number of carboxylic acids is 1. The van der Waals surface area contributed by atoms with Crippen LogP contribution in [0.1, 0.15) is 20.7 Å². The van der Waals surface area contributed by atoms with E-state index in [1.54, 1.807) is 18.2 Å². The molecule has 118 valence electrons. The Hall–Kier alpha value is -2.73. The summed E-state index contributed by atoms with van der Waals surface area (Å²) in [5, 5.41) is 11.8. The van der Waals surface area contributed by atoms with Gasteiger partial charge in [0.1, 0.15) is 13.2 Å². The Morgan fingerprint density at radius 2 is 1.70 bits per heavy atom. The Morgan fingerprint density at radius 3 is 2.43 bits per heavy atom. The molecule has 1 heterocycles. The molecule has 0 aliphatic carbocycles. The fraction of sp³-hybridized carbons (Fsp3) is 0.125. The first kappa shape index (κ1) is 15.2. The molecule has 23 heavy (non-hydrogen) atoms. The molecule has 0 atom stereocenters. The molecule has 7 heteroatoms. The van der Waals surface area contributed by atoms with Gasteiger partial charge in [0.25, 0.3) is 5.91 Å². The molecule has 0 saturated heterocycles. The van der Waals surface area contributed by atoms with Crippen LogP contribution < -0.4 is 14.8 Å². The number of carbonyl (C=O) groups is 2. The third-order valence-corrected chi connectivity index (χ3v) is 3.60. The molecule has 2 aromatic rings. The van der Waals surface area contributed by atoms with Crippen molar-refractivity contribution in [2.45, 2.75) is 0 Å². The first-order valence-electron chi connectivity index (χ1n) is 6.78. The van der Waals surface area contributed by atoms with E-state index in [9.17, 15) is 9.59 Å². The normalized spacial score (nSPS) is 12.6. The van der Waals surface area contributed by atoms with Crippen molar-refractivity contribution in [1.29, 1.82) is 0 Å². The number of halogens is 1. The zero-order chi connectivity index (χ0) is 16.4. The molecule has 1 amide bonds. The number of aromatic carboxylic acids is 1. The average molecular weight is 334 g/mol. The van der Waals surface area contributed by atoms with E-state index in [2.05, 4.69) is 5.32 Å². The Kier molecular flexibility index (Phi) is 4.08. The highest BCUT2D eigenvalue weighted by Crippen LogP contribution is 2.31. The van der Waals surface area contributed by atoms with Crippen molar-refractivity contribution in [2.24, 2.45) is 0 Å². The maximum Gasteiger partial charge on any atom is 0.335 e. The van der Waals surface area contributed by atoms with E-state index in [0.29, 0.717) is 30.3 Å². The summed E-state index contributed by atoms with van der Waals surface area (Å²) in [4.78, 5) is 23.3. The van der Waals surface area contributed by atoms with E-state index >= 15 is 0 Å². The molecular formula is C16H12ClNO5. The van der Waals surface area contributed by atoms with Gasteiger partial charge in [0.05, 0.1) is 16.3 Å². The second-order valence-corrected chi connectivity index (χ2v) is 5.22. The zero-order valence-electron chi connectivity index (χ0n) is 11.8. The highest BCUT2D eigenvalue weighted by molar-refractivity contribution is 6.34. The molecule has 0 unspecified atom stereocenters. The van der Waals surface area contributed by atoms with Crippen molar-refractivity contribution in [1.82, 2.24) is 0 Å². The van der Waals surface area contributed by atoms with Crippen LogP contribution in [0.3, 0.4) is 0 Å². The number of benzene rings is 2. The van der Waals surface area contributed by atoms with Crippen molar-refractivity contribution in [3.05, 3.63) is 52.5 Å². The summed E-state index contributed by atoms with van der Waals surface area (Å²) < 4.78 is 10.8. The minimum absolute atomic E-state index is 0.0341. The predicted octanol–water partition coefficient (Wildman–Crippen LogP) is 3.06. The summed E-state index contributed by atoms with van der Waals surface area (Å²) in [7, 11) is 0. The Morgan fingerprint density at radius 1 is 1.00 bits per heavy atom. The minimum atomic E-state index is -1.10. The SMILES string of the molecule is O=C(O)c1ccc(Cl)c(NC(=O)c2ccc3c(c2)OCCO3)c1. The molecule has 2 aromatic carbocycles. The van der Waals surface area contributed by atoms with E-state index in [1.807, 2.05) is 0 Å². The second kappa shape index (κ2) is 6.18. The molecule has 0 saturated carbocycles. The van der Waals surface area contributed by atoms with Crippen LogP contribution in [0.5, 0.6) is 11.5 Å². The number of hydrogen-bond donors (Lipinski definition) is 2. The van der Waals surface area contributed by atoms with Crippen LogP contribution in [0, 0.1) is 0 Å². The van der Waals surface area contributed by atoms with Crippen LogP contribution in [0.25, 0.3) is 0 Å². The Bertz CT molecular complexity index is 790. The molecule has 0 spiro atoms. The molecular weight excluding hydrogens is 322 g/mol. The van der Waals surface area contributed by atoms with Gasteiger partial charge in [-0.3, -0.25) is 4.79 Å². The van der Waals surface area contributed by atoms with Gasteiger partial charge in [0.2, 0.25) is 0 Å². The lowest BCUT2D eigenvalue weighted by atomic mass is 10.1. The lowest BCUT2D eigenvalue weighted by Crippen LogP contribution is -2.17. The summed E-state index contributed by atoms with van der Waals surface area (Å²) in [6, 6.07) is 8.91. The quantitative estimate of drug-likeness (QED) is 0.901. The first-order valence-corrected chi connectivity index (χ1v) is 7.16. The van der Waals surface area contributed by atoms with Crippen molar-refractivity contribution < 1.29 is 24.2 Å². The molecule has 1 aliphatic rings. The van der Waals surface area contributed by atoms with Gasteiger partial charge in [-0.05, 0) is 36.4 Å². The number of anilines is 1. The Balaban J connectivity index is 1.84. The second-order valence-electron chi connectivity index (χ2n) is 4.81. The molecule has 0 bridgehead atoms. The van der Waals surface area contributed by atoms with E-state index in [-0.39, 0.29) is 16.3 Å². The molecule has 3 rings (SSSR count).